The number of pyridine rings is 1. The molecule has 1 saturated heterocycles. The molecule has 4 rings (SSSR count). The molecule has 0 saturated carbocycles. The number of carbonyl (C=O) groups is 1. The first-order valence-corrected chi connectivity index (χ1v) is 7.73. The number of rotatable bonds is 2. The van der Waals surface area contributed by atoms with Gasteiger partial charge in [-0.15, -0.1) is 0 Å². The van der Waals surface area contributed by atoms with E-state index in [1.165, 1.54) is 0 Å². The molecule has 1 unspecified atom stereocenters. The van der Waals surface area contributed by atoms with Crippen LogP contribution in [0.5, 0.6) is 0 Å². The minimum absolute atomic E-state index is 0.0141. The van der Waals surface area contributed by atoms with E-state index in [-0.39, 0.29) is 5.91 Å². The Bertz CT molecular complexity index is 858. The Hall–Kier alpha value is -2.66. The van der Waals surface area contributed by atoms with Gasteiger partial charge < -0.3 is 15.6 Å². The molecule has 3 aromatic rings. The third-order valence-corrected chi connectivity index (χ3v) is 4.63. The molecule has 116 valence electrons. The normalized spacial score (nSPS) is 21.0. The molecule has 3 N–H and O–H groups in total. The Kier molecular flexibility index (Phi) is 3.16. The molecule has 5 nitrogen and oxygen atoms in total. The van der Waals surface area contributed by atoms with Gasteiger partial charge >= 0.3 is 0 Å². The van der Waals surface area contributed by atoms with Gasteiger partial charge in [-0.3, -0.25) is 4.79 Å². The van der Waals surface area contributed by atoms with Crippen molar-refractivity contribution in [1.29, 1.82) is 0 Å². The van der Waals surface area contributed by atoms with Gasteiger partial charge in [0.2, 0.25) is 0 Å². The lowest BCUT2D eigenvalue weighted by molar-refractivity contribution is 0.0785. The molecule has 0 bridgehead atoms. The molecular formula is C18H18N4O. The second kappa shape index (κ2) is 5.21. The van der Waals surface area contributed by atoms with Gasteiger partial charge in [0.1, 0.15) is 5.65 Å². The van der Waals surface area contributed by atoms with Gasteiger partial charge in [-0.25, -0.2) is 4.98 Å². The number of amides is 1. The van der Waals surface area contributed by atoms with Crippen LogP contribution in [-0.2, 0) is 5.54 Å². The standard InChI is InChI=1S/C18H18N4O/c19-18(13-4-2-1-3-5-13)8-11-22(12-18)17(23)15-7-10-21-16-14(15)6-9-20-16/h1-7,9-10H,8,11-12,19H2,(H,20,21). The number of nitrogens with two attached hydrogens (primary N) is 1. The van der Waals surface area contributed by atoms with Crippen LogP contribution in [0.1, 0.15) is 22.3 Å². The molecule has 23 heavy (non-hydrogen) atoms. The van der Waals surface area contributed by atoms with Gasteiger partial charge in [-0.05, 0) is 24.1 Å². The molecule has 0 aliphatic carbocycles. The van der Waals surface area contributed by atoms with Gasteiger partial charge in [0.15, 0.2) is 0 Å². The van der Waals surface area contributed by atoms with E-state index >= 15 is 0 Å². The lowest BCUT2D eigenvalue weighted by Crippen LogP contribution is -2.41. The quantitative estimate of drug-likeness (QED) is 0.762. The third-order valence-electron chi connectivity index (χ3n) is 4.63. The van der Waals surface area contributed by atoms with Gasteiger partial charge in [0.25, 0.3) is 5.91 Å². The average Bonchev–Trinajstić information content (AvgIpc) is 3.22. The van der Waals surface area contributed by atoms with Crippen molar-refractivity contribution in [3.8, 4) is 0 Å². The summed E-state index contributed by atoms with van der Waals surface area (Å²) in [6, 6.07) is 13.7. The molecule has 3 heterocycles. The fourth-order valence-corrected chi connectivity index (χ4v) is 3.33. The van der Waals surface area contributed by atoms with Crippen LogP contribution in [0.15, 0.2) is 54.9 Å². The summed E-state index contributed by atoms with van der Waals surface area (Å²) in [5.74, 6) is 0.0141. The smallest absolute Gasteiger partial charge is 0.254 e. The van der Waals surface area contributed by atoms with Crippen LogP contribution in [0, 0.1) is 0 Å². The first kappa shape index (κ1) is 14.0. The number of aromatic amines is 1. The van der Waals surface area contributed by atoms with E-state index in [0.717, 1.165) is 23.0 Å². The Morgan fingerprint density at radius 1 is 1.22 bits per heavy atom. The molecule has 0 spiro atoms. The number of likely N-dealkylation sites (tertiary alicyclic amines) is 1. The van der Waals surface area contributed by atoms with Crippen molar-refractivity contribution in [3.05, 3.63) is 66.0 Å². The largest absolute Gasteiger partial charge is 0.346 e. The minimum Gasteiger partial charge on any atom is -0.346 e. The van der Waals surface area contributed by atoms with Crippen molar-refractivity contribution in [2.75, 3.05) is 13.1 Å². The summed E-state index contributed by atoms with van der Waals surface area (Å²) < 4.78 is 0. The monoisotopic (exact) mass is 306 g/mol. The van der Waals surface area contributed by atoms with Crippen molar-refractivity contribution in [3.63, 3.8) is 0 Å². The number of benzene rings is 1. The lowest BCUT2D eigenvalue weighted by atomic mass is 9.90. The molecule has 2 aromatic heterocycles. The first-order valence-electron chi connectivity index (χ1n) is 7.73. The zero-order chi connectivity index (χ0) is 15.9. The topological polar surface area (TPSA) is 75.0 Å². The molecule has 1 fully saturated rings. The van der Waals surface area contributed by atoms with Crippen LogP contribution >= 0.6 is 0 Å². The third kappa shape index (κ3) is 2.29. The number of nitrogens with one attached hydrogen (secondary N) is 1. The van der Waals surface area contributed by atoms with Crippen molar-refractivity contribution in [2.24, 2.45) is 5.73 Å². The van der Waals surface area contributed by atoms with E-state index in [0.29, 0.717) is 18.7 Å². The fourth-order valence-electron chi connectivity index (χ4n) is 3.33. The summed E-state index contributed by atoms with van der Waals surface area (Å²) in [5.41, 5.74) is 8.58. The van der Waals surface area contributed by atoms with Crippen LogP contribution in [0.4, 0.5) is 0 Å². The fraction of sp³-hybridized carbons (Fsp3) is 0.222. The number of carbonyl (C=O) groups excluding carboxylic acids is 1. The highest BCUT2D eigenvalue weighted by Gasteiger charge is 2.38. The zero-order valence-electron chi connectivity index (χ0n) is 12.7. The predicted molar refractivity (Wildman–Crippen MR) is 88.9 cm³/mol. The van der Waals surface area contributed by atoms with Crippen molar-refractivity contribution in [1.82, 2.24) is 14.9 Å². The number of H-pyrrole nitrogens is 1. The molecule has 1 aliphatic rings. The van der Waals surface area contributed by atoms with E-state index in [2.05, 4.69) is 9.97 Å². The van der Waals surface area contributed by atoms with Crippen LogP contribution in [-0.4, -0.2) is 33.9 Å². The Morgan fingerprint density at radius 3 is 2.87 bits per heavy atom. The maximum atomic E-state index is 12.9. The SMILES string of the molecule is NC1(c2ccccc2)CCN(C(=O)c2ccnc3[nH]ccc23)C1. The molecule has 1 aliphatic heterocycles. The van der Waals surface area contributed by atoms with Crippen molar-refractivity contribution < 1.29 is 4.79 Å². The number of hydrogen-bond donors (Lipinski definition) is 2. The van der Waals surface area contributed by atoms with Crippen molar-refractivity contribution >= 4 is 16.9 Å². The second-order valence-electron chi connectivity index (χ2n) is 6.10. The van der Waals surface area contributed by atoms with E-state index < -0.39 is 5.54 Å². The Balaban J connectivity index is 1.63. The Labute approximate surface area is 134 Å². The summed E-state index contributed by atoms with van der Waals surface area (Å²) >= 11 is 0. The van der Waals surface area contributed by atoms with E-state index in [9.17, 15) is 4.79 Å². The lowest BCUT2D eigenvalue weighted by Gasteiger charge is -2.25. The predicted octanol–water partition coefficient (Wildman–Crippen LogP) is 2.26. The van der Waals surface area contributed by atoms with Gasteiger partial charge in [0, 0.05) is 30.9 Å². The van der Waals surface area contributed by atoms with E-state index in [1.807, 2.05) is 41.3 Å². The molecule has 1 aromatic carbocycles. The van der Waals surface area contributed by atoms with E-state index in [4.69, 9.17) is 5.73 Å². The maximum absolute atomic E-state index is 12.9. The second-order valence-corrected chi connectivity index (χ2v) is 6.10. The zero-order valence-corrected chi connectivity index (χ0v) is 12.7. The van der Waals surface area contributed by atoms with Crippen molar-refractivity contribution in [2.45, 2.75) is 12.0 Å². The first-order chi connectivity index (χ1) is 11.2. The molecular weight excluding hydrogens is 288 g/mol. The van der Waals surface area contributed by atoms with Crippen LogP contribution in [0.3, 0.4) is 0 Å². The van der Waals surface area contributed by atoms with Gasteiger partial charge in [-0.2, -0.15) is 0 Å². The summed E-state index contributed by atoms with van der Waals surface area (Å²) in [5, 5.41) is 0.853. The molecule has 5 heteroatoms. The van der Waals surface area contributed by atoms with Crippen LogP contribution < -0.4 is 5.73 Å². The summed E-state index contributed by atoms with van der Waals surface area (Å²) in [7, 11) is 0. The number of aromatic nitrogens is 2. The molecule has 1 atom stereocenters. The summed E-state index contributed by atoms with van der Waals surface area (Å²) in [4.78, 5) is 22.0. The maximum Gasteiger partial charge on any atom is 0.254 e. The van der Waals surface area contributed by atoms with Gasteiger partial charge in [0.05, 0.1) is 11.1 Å². The highest BCUT2D eigenvalue weighted by molar-refractivity contribution is 6.05. The number of nitrogens with zero attached hydrogens (tertiary/aromatic N) is 2. The highest BCUT2D eigenvalue weighted by atomic mass is 16.2. The van der Waals surface area contributed by atoms with Crippen LogP contribution in [0.2, 0.25) is 0 Å². The molecule has 0 radical (unpaired) electrons. The molecule has 1 amide bonds. The Morgan fingerprint density at radius 2 is 2.04 bits per heavy atom. The van der Waals surface area contributed by atoms with Gasteiger partial charge in [-0.1, -0.05) is 30.3 Å². The van der Waals surface area contributed by atoms with E-state index in [1.54, 1.807) is 18.5 Å². The number of fused-ring (bicyclic) bond motifs is 1. The highest BCUT2D eigenvalue weighted by Crippen LogP contribution is 2.31. The van der Waals surface area contributed by atoms with Crippen LogP contribution in [0.25, 0.3) is 11.0 Å². The summed E-state index contributed by atoms with van der Waals surface area (Å²) in [6.45, 7) is 1.20. The summed E-state index contributed by atoms with van der Waals surface area (Å²) in [6.07, 6.45) is 4.23. The minimum atomic E-state index is -0.471. The average molecular weight is 306 g/mol. The number of hydrogen-bond acceptors (Lipinski definition) is 3.